The fraction of sp³-hybridized carbons (Fsp3) is 0.545. The molecule has 1 fully saturated rings. The van der Waals surface area contributed by atoms with Crippen LogP contribution in [-0.2, 0) is 6.61 Å². The summed E-state index contributed by atoms with van der Waals surface area (Å²) in [4.78, 5) is 6.76. The van der Waals surface area contributed by atoms with Crippen molar-refractivity contribution < 1.29 is 5.11 Å². The van der Waals surface area contributed by atoms with Crippen LogP contribution in [0.25, 0.3) is 0 Å². The van der Waals surface area contributed by atoms with Gasteiger partial charge in [-0.1, -0.05) is 0 Å². The maximum Gasteiger partial charge on any atom is 0.131 e. The van der Waals surface area contributed by atoms with E-state index in [1.165, 1.54) is 11.5 Å². The summed E-state index contributed by atoms with van der Waals surface area (Å²) in [5, 5.41) is 9.01. The van der Waals surface area contributed by atoms with Crippen LogP contribution < -0.4 is 4.90 Å². The molecule has 15 heavy (non-hydrogen) atoms. The highest BCUT2D eigenvalue weighted by Gasteiger charge is 2.14. The second-order valence-corrected chi connectivity index (χ2v) is 4.97. The number of aromatic nitrogens is 1. The number of aryl methyl sites for hydroxylation is 1. The van der Waals surface area contributed by atoms with Crippen LogP contribution in [0.4, 0.5) is 5.82 Å². The van der Waals surface area contributed by atoms with E-state index in [0.717, 1.165) is 30.0 Å². The summed E-state index contributed by atoms with van der Waals surface area (Å²) in [6.45, 7) is 4.29. The summed E-state index contributed by atoms with van der Waals surface area (Å²) in [5.41, 5.74) is 2.05. The molecule has 82 valence electrons. The number of hydrogen-bond donors (Lipinski definition) is 1. The first-order chi connectivity index (χ1) is 7.31. The van der Waals surface area contributed by atoms with Gasteiger partial charge in [-0.2, -0.15) is 11.8 Å². The molecule has 1 N–H and O–H groups in total. The van der Waals surface area contributed by atoms with Gasteiger partial charge < -0.3 is 10.0 Å². The third kappa shape index (κ3) is 2.44. The number of nitrogens with zero attached hydrogens (tertiary/aromatic N) is 2. The largest absolute Gasteiger partial charge is 0.392 e. The molecule has 1 aromatic rings. The van der Waals surface area contributed by atoms with E-state index in [1.54, 1.807) is 6.20 Å². The minimum atomic E-state index is 0.0734. The average molecular weight is 224 g/mol. The van der Waals surface area contributed by atoms with Crippen molar-refractivity contribution in [2.45, 2.75) is 13.5 Å². The summed E-state index contributed by atoms with van der Waals surface area (Å²) in [7, 11) is 0. The molecule has 1 aromatic heterocycles. The molecule has 0 saturated carbocycles. The zero-order valence-electron chi connectivity index (χ0n) is 8.94. The van der Waals surface area contributed by atoms with Gasteiger partial charge in [-0.05, 0) is 24.1 Å². The molecule has 0 aromatic carbocycles. The third-order valence-electron chi connectivity index (χ3n) is 2.60. The van der Waals surface area contributed by atoms with Gasteiger partial charge in [0, 0.05) is 30.8 Å². The van der Waals surface area contributed by atoms with E-state index in [1.807, 2.05) is 17.8 Å². The normalized spacial score (nSPS) is 16.8. The van der Waals surface area contributed by atoms with Crippen LogP contribution in [0.1, 0.15) is 11.1 Å². The predicted molar refractivity (Wildman–Crippen MR) is 64.4 cm³/mol. The molecule has 0 aliphatic carbocycles. The van der Waals surface area contributed by atoms with Crippen molar-refractivity contribution in [2.75, 3.05) is 29.5 Å². The zero-order chi connectivity index (χ0) is 10.7. The first kappa shape index (κ1) is 10.8. The van der Waals surface area contributed by atoms with Crippen molar-refractivity contribution in [3.8, 4) is 0 Å². The topological polar surface area (TPSA) is 36.4 Å². The van der Waals surface area contributed by atoms with Crippen LogP contribution in [0.15, 0.2) is 12.3 Å². The highest BCUT2D eigenvalue weighted by Crippen LogP contribution is 2.21. The molecule has 2 heterocycles. The second-order valence-electron chi connectivity index (χ2n) is 3.74. The lowest BCUT2D eigenvalue weighted by Gasteiger charge is -2.28. The summed E-state index contributed by atoms with van der Waals surface area (Å²) in [6, 6.07) is 2.02. The van der Waals surface area contributed by atoms with Crippen LogP contribution in [0, 0.1) is 6.92 Å². The summed E-state index contributed by atoms with van der Waals surface area (Å²) in [5.74, 6) is 3.44. The van der Waals surface area contributed by atoms with Crippen LogP contribution in [0.3, 0.4) is 0 Å². The number of hydrogen-bond acceptors (Lipinski definition) is 4. The van der Waals surface area contributed by atoms with E-state index >= 15 is 0 Å². The van der Waals surface area contributed by atoms with Crippen molar-refractivity contribution in [1.82, 2.24) is 4.98 Å². The number of aliphatic hydroxyl groups excluding tert-OH is 1. The molecule has 0 bridgehead atoms. The molecule has 1 saturated heterocycles. The van der Waals surface area contributed by atoms with Crippen LogP contribution >= 0.6 is 11.8 Å². The number of rotatable bonds is 2. The number of thioether (sulfide) groups is 1. The maximum absolute atomic E-state index is 9.01. The lowest BCUT2D eigenvalue weighted by atomic mass is 10.2. The lowest BCUT2D eigenvalue weighted by molar-refractivity contribution is 0.281. The minimum absolute atomic E-state index is 0.0734. The highest BCUT2D eigenvalue weighted by molar-refractivity contribution is 7.99. The fourth-order valence-electron chi connectivity index (χ4n) is 1.82. The maximum atomic E-state index is 9.01. The van der Waals surface area contributed by atoms with Crippen molar-refractivity contribution >= 4 is 17.6 Å². The quantitative estimate of drug-likeness (QED) is 0.824. The average Bonchev–Trinajstić information content (AvgIpc) is 2.30. The molecule has 0 atom stereocenters. The molecule has 0 amide bonds. The first-order valence-electron chi connectivity index (χ1n) is 5.20. The van der Waals surface area contributed by atoms with Gasteiger partial charge in [0.05, 0.1) is 6.61 Å². The van der Waals surface area contributed by atoms with Crippen LogP contribution in [0.2, 0.25) is 0 Å². The van der Waals surface area contributed by atoms with Crippen molar-refractivity contribution in [2.24, 2.45) is 0 Å². The number of aliphatic hydroxyl groups is 1. The Bertz CT molecular complexity index is 337. The van der Waals surface area contributed by atoms with Gasteiger partial charge in [0.1, 0.15) is 5.82 Å². The number of pyridine rings is 1. The lowest BCUT2D eigenvalue weighted by Crippen LogP contribution is -2.33. The van der Waals surface area contributed by atoms with Gasteiger partial charge in [-0.15, -0.1) is 0 Å². The van der Waals surface area contributed by atoms with Crippen LogP contribution in [-0.4, -0.2) is 34.7 Å². The van der Waals surface area contributed by atoms with Gasteiger partial charge in [0.25, 0.3) is 0 Å². The van der Waals surface area contributed by atoms with Gasteiger partial charge in [0.2, 0.25) is 0 Å². The number of anilines is 1. The van der Waals surface area contributed by atoms with Gasteiger partial charge in [-0.25, -0.2) is 4.98 Å². The monoisotopic (exact) mass is 224 g/mol. The van der Waals surface area contributed by atoms with Crippen molar-refractivity contribution in [3.05, 3.63) is 23.4 Å². The zero-order valence-corrected chi connectivity index (χ0v) is 9.76. The van der Waals surface area contributed by atoms with Crippen molar-refractivity contribution in [1.29, 1.82) is 0 Å². The molecule has 0 radical (unpaired) electrons. The van der Waals surface area contributed by atoms with Gasteiger partial charge in [0.15, 0.2) is 0 Å². The Balaban J connectivity index is 2.19. The Hall–Kier alpha value is -0.740. The molecule has 2 rings (SSSR count). The Morgan fingerprint density at radius 2 is 2.20 bits per heavy atom. The molecular weight excluding hydrogens is 208 g/mol. The molecule has 0 spiro atoms. The first-order valence-corrected chi connectivity index (χ1v) is 6.36. The van der Waals surface area contributed by atoms with E-state index in [4.69, 9.17) is 5.11 Å². The Morgan fingerprint density at radius 1 is 1.47 bits per heavy atom. The molecule has 1 aliphatic heterocycles. The second kappa shape index (κ2) is 4.86. The molecular formula is C11H16N2OS. The van der Waals surface area contributed by atoms with E-state index in [2.05, 4.69) is 16.8 Å². The molecule has 0 unspecified atom stereocenters. The summed E-state index contributed by atoms with van der Waals surface area (Å²) < 4.78 is 0. The molecule has 1 aliphatic rings. The Labute approximate surface area is 94.5 Å². The SMILES string of the molecule is Cc1cc(CO)cnc1N1CCSCC1. The Morgan fingerprint density at radius 3 is 2.80 bits per heavy atom. The summed E-state index contributed by atoms with van der Waals surface area (Å²) in [6.07, 6.45) is 1.77. The summed E-state index contributed by atoms with van der Waals surface area (Å²) >= 11 is 2.00. The predicted octanol–water partition coefficient (Wildman–Crippen LogP) is 1.44. The standard InChI is InChI=1S/C11H16N2OS/c1-9-6-10(8-14)7-12-11(9)13-2-4-15-5-3-13/h6-7,14H,2-5,8H2,1H3. The smallest absolute Gasteiger partial charge is 0.131 e. The van der Waals surface area contributed by atoms with Crippen LogP contribution in [0.5, 0.6) is 0 Å². The van der Waals surface area contributed by atoms with E-state index in [0.29, 0.717) is 0 Å². The highest BCUT2D eigenvalue weighted by atomic mass is 32.2. The third-order valence-corrected chi connectivity index (χ3v) is 3.54. The van der Waals surface area contributed by atoms with E-state index in [9.17, 15) is 0 Å². The van der Waals surface area contributed by atoms with E-state index < -0.39 is 0 Å². The molecule has 3 nitrogen and oxygen atoms in total. The van der Waals surface area contributed by atoms with Crippen molar-refractivity contribution in [3.63, 3.8) is 0 Å². The van der Waals surface area contributed by atoms with Gasteiger partial charge in [-0.3, -0.25) is 0 Å². The fourth-order valence-corrected chi connectivity index (χ4v) is 2.72. The Kier molecular flexibility index (Phi) is 3.49. The van der Waals surface area contributed by atoms with Gasteiger partial charge >= 0.3 is 0 Å². The molecule has 4 heteroatoms. The minimum Gasteiger partial charge on any atom is -0.392 e. The van der Waals surface area contributed by atoms with E-state index in [-0.39, 0.29) is 6.61 Å².